The molecule has 1 aromatic carbocycles. The molecule has 4 heteroatoms. The van der Waals surface area contributed by atoms with Gasteiger partial charge in [0, 0.05) is 18.7 Å². The lowest BCUT2D eigenvalue weighted by atomic mass is 10.2. The van der Waals surface area contributed by atoms with Crippen LogP contribution in [0, 0.1) is 5.82 Å². The molecule has 0 radical (unpaired) electrons. The summed E-state index contributed by atoms with van der Waals surface area (Å²) in [6.45, 7) is 3.32. The summed E-state index contributed by atoms with van der Waals surface area (Å²) in [6, 6.07) is 4.09. The quantitative estimate of drug-likeness (QED) is 0.653. The van der Waals surface area contributed by atoms with Gasteiger partial charge >= 0.3 is 0 Å². The molecule has 0 unspecified atom stereocenters. The number of nitrogens with zero attached hydrogens (tertiary/aromatic N) is 2. The predicted octanol–water partition coefficient (Wildman–Crippen LogP) is 2.77. The van der Waals surface area contributed by atoms with E-state index in [9.17, 15) is 4.39 Å². The lowest BCUT2D eigenvalue weighted by Gasteiger charge is -2.01. The Hall–Kier alpha value is -1.22. The third-order valence-electron chi connectivity index (χ3n) is 1.55. The van der Waals surface area contributed by atoms with Crippen molar-refractivity contribution in [3.05, 3.63) is 29.6 Å². The van der Waals surface area contributed by atoms with Crippen LogP contribution in [-0.2, 0) is 0 Å². The molecule has 0 saturated carbocycles. The Balaban J connectivity index is 3.29. The smallest absolute Gasteiger partial charge is 0.132 e. The summed E-state index contributed by atoms with van der Waals surface area (Å²) in [5.74, 6) is -0.369. The largest absolute Gasteiger partial charge is 0.276 e. The third-order valence-corrected chi connectivity index (χ3v) is 1.92. The Labute approximate surface area is 80.8 Å². The maximum absolute atomic E-state index is 12.7. The normalized spacial score (nSPS) is 11.5. The molecule has 68 valence electrons. The fraction of sp³-hybridized carbons (Fsp3) is 0.111. The first-order valence-corrected chi connectivity index (χ1v) is 3.95. The summed E-state index contributed by atoms with van der Waals surface area (Å²) in [5, 5.41) is 0.294. The van der Waals surface area contributed by atoms with Crippen LogP contribution < -0.4 is 0 Å². The van der Waals surface area contributed by atoms with Crippen molar-refractivity contribution in [1.29, 1.82) is 0 Å². The van der Waals surface area contributed by atoms with E-state index in [2.05, 4.69) is 16.7 Å². The van der Waals surface area contributed by atoms with E-state index in [0.717, 1.165) is 0 Å². The first-order chi connectivity index (χ1) is 6.19. The number of benzene rings is 1. The van der Waals surface area contributed by atoms with Gasteiger partial charge in [-0.25, -0.2) is 4.39 Å². The number of rotatable bonds is 2. The zero-order valence-corrected chi connectivity index (χ0v) is 7.85. The summed E-state index contributed by atoms with van der Waals surface area (Å²) in [4.78, 5) is 7.41. The van der Waals surface area contributed by atoms with Crippen LogP contribution in [0.5, 0.6) is 0 Å². The van der Waals surface area contributed by atoms with E-state index < -0.39 is 0 Å². The molecule has 0 saturated heterocycles. The second-order valence-corrected chi connectivity index (χ2v) is 2.69. The van der Waals surface area contributed by atoms with Gasteiger partial charge in [-0.2, -0.15) is 0 Å². The number of halogens is 2. The average Bonchev–Trinajstić information content (AvgIpc) is 2.16. The van der Waals surface area contributed by atoms with Crippen molar-refractivity contribution in [3.8, 4) is 0 Å². The average molecular weight is 199 g/mol. The molecule has 13 heavy (non-hydrogen) atoms. The van der Waals surface area contributed by atoms with Crippen LogP contribution >= 0.6 is 11.6 Å². The molecule has 0 spiro atoms. The Morgan fingerprint density at radius 3 is 2.77 bits per heavy atom. The van der Waals surface area contributed by atoms with Gasteiger partial charge < -0.3 is 0 Å². The van der Waals surface area contributed by atoms with Crippen LogP contribution in [0.2, 0.25) is 0 Å². The van der Waals surface area contributed by atoms with E-state index in [-0.39, 0.29) is 5.82 Å². The first-order valence-electron chi connectivity index (χ1n) is 3.58. The summed E-state index contributed by atoms with van der Waals surface area (Å²) in [5.41, 5.74) is 0.983. The minimum Gasteiger partial charge on any atom is -0.276 e. The van der Waals surface area contributed by atoms with Gasteiger partial charge in [0.05, 0.1) is 5.69 Å². The summed E-state index contributed by atoms with van der Waals surface area (Å²) >= 11 is 5.77. The monoisotopic (exact) mass is 198 g/mol. The molecule has 0 atom stereocenters. The topological polar surface area (TPSA) is 24.7 Å². The maximum atomic E-state index is 12.7. The molecule has 1 rings (SSSR count). The second kappa shape index (κ2) is 4.14. The van der Waals surface area contributed by atoms with Gasteiger partial charge in [-0.05, 0) is 18.9 Å². The van der Waals surface area contributed by atoms with Crippen molar-refractivity contribution in [2.24, 2.45) is 9.98 Å². The third kappa shape index (κ3) is 2.12. The van der Waals surface area contributed by atoms with Gasteiger partial charge in [-0.3, -0.25) is 9.98 Å². The van der Waals surface area contributed by atoms with Crippen molar-refractivity contribution in [2.75, 3.05) is 7.05 Å². The van der Waals surface area contributed by atoms with Gasteiger partial charge in [0.2, 0.25) is 0 Å². The highest BCUT2D eigenvalue weighted by Crippen LogP contribution is 2.21. The molecule has 0 aliphatic heterocycles. The van der Waals surface area contributed by atoms with Crippen LogP contribution in [0.4, 0.5) is 10.1 Å². The molecule has 0 aliphatic carbocycles. The molecule has 2 nitrogen and oxygen atoms in total. The Kier molecular flexibility index (Phi) is 3.14. The van der Waals surface area contributed by atoms with Crippen molar-refractivity contribution in [2.45, 2.75) is 0 Å². The van der Waals surface area contributed by atoms with E-state index in [4.69, 9.17) is 11.6 Å². The van der Waals surface area contributed by atoms with E-state index in [0.29, 0.717) is 16.4 Å². The van der Waals surface area contributed by atoms with E-state index >= 15 is 0 Å². The fourth-order valence-electron chi connectivity index (χ4n) is 0.931. The van der Waals surface area contributed by atoms with Crippen LogP contribution in [0.15, 0.2) is 28.2 Å². The first kappa shape index (κ1) is 9.86. The SMILES string of the molecule is C=Nc1cc(F)ccc1C(Cl)=NC. The van der Waals surface area contributed by atoms with Gasteiger partial charge in [-0.1, -0.05) is 11.6 Å². The highest BCUT2D eigenvalue weighted by molar-refractivity contribution is 6.70. The van der Waals surface area contributed by atoms with Crippen molar-refractivity contribution >= 4 is 29.2 Å². The van der Waals surface area contributed by atoms with E-state index in [1.54, 1.807) is 7.05 Å². The lowest BCUT2D eigenvalue weighted by Crippen LogP contribution is -1.92. The Morgan fingerprint density at radius 2 is 2.23 bits per heavy atom. The molecule has 0 aromatic heterocycles. The van der Waals surface area contributed by atoms with Gasteiger partial charge in [0.1, 0.15) is 11.0 Å². The minimum atomic E-state index is -0.369. The number of aliphatic imine (C=N–C) groups is 2. The predicted molar refractivity (Wildman–Crippen MR) is 53.9 cm³/mol. The molecule has 1 aromatic rings. The molecule has 0 aliphatic rings. The molecule has 0 bridgehead atoms. The van der Waals surface area contributed by atoms with E-state index in [1.165, 1.54) is 18.2 Å². The minimum absolute atomic E-state index is 0.294. The standard InChI is InChI=1S/C9H8ClFN2/c1-12-8-5-6(11)3-4-7(8)9(10)13-2/h3-5H,1H2,2H3. The van der Waals surface area contributed by atoms with Gasteiger partial charge in [0.25, 0.3) is 0 Å². The van der Waals surface area contributed by atoms with Crippen LogP contribution in [-0.4, -0.2) is 18.9 Å². The summed E-state index contributed by atoms with van der Waals surface area (Å²) < 4.78 is 12.7. The van der Waals surface area contributed by atoms with E-state index in [1.807, 2.05) is 0 Å². The molecule has 0 heterocycles. The zero-order valence-electron chi connectivity index (χ0n) is 7.09. The van der Waals surface area contributed by atoms with Crippen molar-refractivity contribution < 1.29 is 4.39 Å². The van der Waals surface area contributed by atoms with Crippen molar-refractivity contribution in [3.63, 3.8) is 0 Å². The second-order valence-electron chi connectivity index (χ2n) is 2.33. The van der Waals surface area contributed by atoms with Gasteiger partial charge in [-0.15, -0.1) is 0 Å². The Bertz CT molecular complexity index is 361. The van der Waals surface area contributed by atoms with Crippen LogP contribution in [0.25, 0.3) is 0 Å². The molecule has 0 N–H and O–H groups in total. The zero-order chi connectivity index (χ0) is 9.84. The van der Waals surface area contributed by atoms with Crippen molar-refractivity contribution in [1.82, 2.24) is 0 Å². The molecular formula is C9H8ClFN2. The number of hydrogen-bond donors (Lipinski definition) is 0. The highest BCUT2D eigenvalue weighted by Gasteiger charge is 2.06. The fourth-order valence-corrected chi connectivity index (χ4v) is 1.09. The highest BCUT2D eigenvalue weighted by atomic mass is 35.5. The van der Waals surface area contributed by atoms with Crippen LogP contribution in [0.3, 0.4) is 0 Å². The summed E-state index contributed by atoms with van der Waals surface area (Å²) in [6.07, 6.45) is 0. The number of hydrogen-bond acceptors (Lipinski definition) is 2. The lowest BCUT2D eigenvalue weighted by molar-refractivity contribution is 0.628. The molecular weight excluding hydrogens is 191 g/mol. The molecule has 0 amide bonds. The van der Waals surface area contributed by atoms with Crippen LogP contribution in [0.1, 0.15) is 5.56 Å². The Morgan fingerprint density at radius 1 is 1.54 bits per heavy atom. The summed E-state index contributed by atoms with van der Waals surface area (Å²) in [7, 11) is 1.55. The molecule has 0 fully saturated rings. The van der Waals surface area contributed by atoms with Gasteiger partial charge in [0.15, 0.2) is 0 Å². The maximum Gasteiger partial charge on any atom is 0.132 e.